The molecule has 0 bridgehead atoms. The lowest BCUT2D eigenvalue weighted by molar-refractivity contribution is 0.129. The Bertz CT molecular complexity index is 397. The SMILES string of the molecule is CCNC1CCN(Cc2cncc(F)c2)CC1CC. The lowest BCUT2D eigenvalue weighted by atomic mass is 9.89. The van der Waals surface area contributed by atoms with Gasteiger partial charge in [-0.1, -0.05) is 20.3 Å². The molecule has 2 rings (SSSR count). The van der Waals surface area contributed by atoms with Crippen molar-refractivity contribution in [3.8, 4) is 0 Å². The van der Waals surface area contributed by atoms with Crippen LogP contribution in [0.5, 0.6) is 0 Å². The minimum absolute atomic E-state index is 0.243. The van der Waals surface area contributed by atoms with E-state index in [1.165, 1.54) is 19.0 Å². The maximum absolute atomic E-state index is 13.1. The predicted octanol–water partition coefficient (Wildman–Crippen LogP) is 2.43. The first-order chi connectivity index (χ1) is 9.22. The largest absolute Gasteiger partial charge is 0.314 e. The van der Waals surface area contributed by atoms with E-state index in [0.29, 0.717) is 12.0 Å². The van der Waals surface area contributed by atoms with Gasteiger partial charge in [0, 0.05) is 25.3 Å². The molecule has 19 heavy (non-hydrogen) atoms. The monoisotopic (exact) mass is 265 g/mol. The summed E-state index contributed by atoms with van der Waals surface area (Å²) in [4.78, 5) is 6.33. The molecule has 0 saturated carbocycles. The molecule has 1 saturated heterocycles. The molecular weight excluding hydrogens is 241 g/mol. The maximum Gasteiger partial charge on any atom is 0.141 e. The van der Waals surface area contributed by atoms with Crippen molar-refractivity contribution in [3.63, 3.8) is 0 Å². The summed E-state index contributed by atoms with van der Waals surface area (Å²) in [5.41, 5.74) is 0.969. The predicted molar refractivity (Wildman–Crippen MR) is 75.3 cm³/mol. The molecule has 1 aliphatic rings. The molecule has 1 aliphatic heterocycles. The molecule has 1 N–H and O–H groups in total. The topological polar surface area (TPSA) is 28.2 Å². The van der Waals surface area contributed by atoms with Gasteiger partial charge in [-0.2, -0.15) is 0 Å². The summed E-state index contributed by atoms with van der Waals surface area (Å²) in [5.74, 6) is 0.447. The van der Waals surface area contributed by atoms with Crippen LogP contribution in [0.25, 0.3) is 0 Å². The molecule has 0 aliphatic carbocycles. The standard InChI is InChI=1S/C15H24FN3/c1-3-13-11-19(6-5-15(13)18-4-2)10-12-7-14(16)9-17-8-12/h7-9,13,15,18H,3-6,10-11H2,1-2H3. The number of nitrogens with zero attached hydrogens (tertiary/aromatic N) is 2. The average molecular weight is 265 g/mol. The molecule has 4 heteroatoms. The highest BCUT2D eigenvalue weighted by molar-refractivity contribution is 5.10. The Labute approximate surface area is 115 Å². The Hall–Kier alpha value is -1.00. The van der Waals surface area contributed by atoms with Gasteiger partial charge in [0.05, 0.1) is 6.20 Å². The van der Waals surface area contributed by atoms with Crippen molar-refractivity contribution >= 4 is 0 Å². The lowest BCUT2D eigenvalue weighted by Crippen LogP contribution is -2.48. The molecule has 106 valence electrons. The van der Waals surface area contributed by atoms with Gasteiger partial charge in [-0.3, -0.25) is 9.88 Å². The Morgan fingerprint density at radius 3 is 2.95 bits per heavy atom. The van der Waals surface area contributed by atoms with Crippen LogP contribution < -0.4 is 5.32 Å². The number of hydrogen-bond donors (Lipinski definition) is 1. The van der Waals surface area contributed by atoms with Gasteiger partial charge in [-0.05, 0) is 37.1 Å². The van der Waals surface area contributed by atoms with E-state index in [-0.39, 0.29) is 5.82 Å². The maximum atomic E-state index is 13.1. The van der Waals surface area contributed by atoms with E-state index >= 15 is 0 Å². The summed E-state index contributed by atoms with van der Waals surface area (Å²) in [6.45, 7) is 8.42. The van der Waals surface area contributed by atoms with Crippen LogP contribution >= 0.6 is 0 Å². The Balaban J connectivity index is 1.92. The number of likely N-dealkylation sites (tertiary alicyclic amines) is 1. The summed E-state index contributed by atoms with van der Waals surface area (Å²) >= 11 is 0. The smallest absolute Gasteiger partial charge is 0.141 e. The van der Waals surface area contributed by atoms with E-state index in [1.807, 2.05) is 0 Å². The fraction of sp³-hybridized carbons (Fsp3) is 0.667. The van der Waals surface area contributed by atoms with Crippen LogP contribution in [0.3, 0.4) is 0 Å². The van der Waals surface area contributed by atoms with Crippen molar-refractivity contribution in [1.29, 1.82) is 0 Å². The zero-order valence-corrected chi connectivity index (χ0v) is 11.9. The van der Waals surface area contributed by atoms with E-state index in [9.17, 15) is 4.39 Å². The van der Waals surface area contributed by atoms with Gasteiger partial charge in [-0.15, -0.1) is 0 Å². The molecule has 2 unspecified atom stereocenters. The first-order valence-electron chi connectivity index (χ1n) is 7.28. The number of nitrogens with one attached hydrogen (secondary N) is 1. The normalized spacial score (nSPS) is 24.6. The highest BCUT2D eigenvalue weighted by atomic mass is 19.1. The number of piperidine rings is 1. The number of rotatable bonds is 5. The molecule has 1 fully saturated rings. The van der Waals surface area contributed by atoms with Crippen LogP contribution in [-0.4, -0.2) is 35.6 Å². The second kappa shape index (κ2) is 6.96. The zero-order valence-electron chi connectivity index (χ0n) is 11.9. The van der Waals surface area contributed by atoms with Crippen molar-refractivity contribution in [1.82, 2.24) is 15.2 Å². The summed E-state index contributed by atoms with van der Waals surface area (Å²) in [5, 5.41) is 3.58. The number of hydrogen-bond acceptors (Lipinski definition) is 3. The van der Waals surface area contributed by atoms with Crippen molar-refractivity contribution in [2.24, 2.45) is 5.92 Å². The van der Waals surface area contributed by atoms with Crippen LogP contribution in [0, 0.1) is 11.7 Å². The molecule has 1 aromatic rings. The minimum Gasteiger partial charge on any atom is -0.314 e. The first kappa shape index (κ1) is 14.4. The minimum atomic E-state index is -0.243. The quantitative estimate of drug-likeness (QED) is 0.886. The molecule has 1 aromatic heterocycles. The zero-order chi connectivity index (χ0) is 13.7. The van der Waals surface area contributed by atoms with E-state index < -0.39 is 0 Å². The van der Waals surface area contributed by atoms with Gasteiger partial charge in [0.2, 0.25) is 0 Å². The molecule has 2 atom stereocenters. The van der Waals surface area contributed by atoms with E-state index in [1.54, 1.807) is 12.3 Å². The fourth-order valence-electron chi connectivity index (χ4n) is 3.00. The number of halogens is 1. The Kier molecular flexibility index (Phi) is 5.28. The molecule has 0 spiro atoms. The van der Waals surface area contributed by atoms with Crippen molar-refractivity contribution in [2.45, 2.75) is 39.3 Å². The van der Waals surface area contributed by atoms with Crippen LogP contribution in [0.4, 0.5) is 4.39 Å². The van der Waals surface area contributed by atoms with Crippen molar-refractivity contribution in [2.75, 3.05) is 19.6 Å². The second-order valence-corrected chi connectivity index (χ2v) is 5.37. The van der Waals surface area contributed by atoms with Crippen molar-refractivity contribution < 1.29 is 4.39 Å². The van der Waals surface area contributed by atoms with E-state index in [2.05, 4.69) is 29.0 Å². The van der Waals surface area contributed by atoms with Crippen LogP contribution in [-0.2, 0) is 6.54 Å². The van der Waals surface area contributed by atoms with Crippen molar-refractivity contribution in [3.05, 3.63) is 29.8 Å². The van der Waals surface area contributed by atoms with Crippen LogP contribution in [0.15, 0.2) is 18.5 Å². The second-order valence-electron chi connectivity index (χ2n) is 5.37. The molecule has 2 heterocycles. The third-order valence-electron chi connectivity index (χ3n) is 3.98. The highest BCUT2D eigenvalue weighted by Crippen LogP contribution is 2.21. The van der Waals surface area contributed by atoms with Gasteiger partial charge in [0.1, 0.15) is 5.82 Å². The average Bonchev–Trinajstić information content (AvgIpc) is 2.41. The molecule has 0 amide bonds. The number of aromatic nitrogens is 1. The van der Waals surface area contributed by atoms with Crippen LogP contribution in [0.1, 0.15) is 32.3 Å². The van der Waals surface area contributed by atoms with Gasteiger partial charge in [0.15, 0.2) is 0 Å². The van der Waals surface area contributed by atoms with E-state index in [0.717, 1.165) is 31.7 Å². The van der Waals surface area contributed by atoms with Gasteiger partial charge in [0.25, 0.3) is 0 Å². The molecular formula is C15H24FN3. The van der Waals surface area contributed by atoms with Gasteiger partial charge >= 0.3 is 0 Å². The van der Waals surface area contributed by atoms with Crippen LogP contribution in [0.2, 0.25) is 0 Å². The summed E-state index contributed by atoms with van der Waals surface area (Å²) in [6, 6.07) is 2.22. The highest BCUT2D eigenvalue weighted by Gasteiger charge is 2.27. The molecule has 0 radical (unpaired) electrons. The summed E-state index contributed by atoms with van der Waals surface area (Å²) in [6.07, 6.45) is 5.39. The number of pyridine rings is 1. The summed E-state index contributed by atoms with van der Waals surface area (Å²) < 4.78 is 13.1. The lowest BCUT2D eigenvalue weighted by Gasteiger charge is -2.38. The third-order valence-corrected chi connectivity index (χ3v) is 3.98. The Morgan fingerprint density at radius 1 is 1.42 bits per heavy atom. The van der Waals surface area contributed by atoms with E-state index in [4.69, 9.17) is 0 Å². The summed E-state index contributed by atoms with van der Waals surface area (Å²) in [7, 11) is 0. The third kappa shape index (κ3) is 3.98. The van der Waals surface area contributed by atoms with Gasteiger partial charge in [-0.25, -0.2) is 4.39 Å². The first-order valence-corrected chi connectivity index (χ1v) is 7.28. The fourth-order valence-corrected chi connectivity index (χ4v) is 3.00. The molecule has 0 aromatic carbocycles. The molecule has 3 nitrogen and oxygen atoms in total. The van der Waals surface area contributed by atoms with Gasteiger partial charge < -0.3 is 5.32 Å². The Morgan fingerprint density at radius 2 is 2.26 bits per heavy atom.